The smallest absolute Gasteiger partial charge is 0.226 e. The van der Waals surface area contributed by atoms with Gasteiger partial charge in [-0.15, -0.1) is 0 Å². The molecule has 0 unspecified atom stereocenters. The van der Waals surface area contributed by atoms with Gasteiger partial charge in [0.2, 0.25) is 5.91 Å². The molecule has 0 radical (unpaired) electrons. The van der Waals surface area contributed by atoms with Crippen molar-refractivity contribution in [2.45, 2.75) is 31.7 Å². The van der Waals surface area contributed by atoms with Crippen molar-refractivity contribution in [1.29, 1.82) is 0 Å². The van der Waals surface area contributed by atoms with E-state index in [2.05, 4.69) is 12.2 Å². The maximum atomic E-state index is 12.8. The quantitative estimate of drug-likeness (QED) is 0.905. The largest absolute Gasteiger partial charge is 0.342 e. The van der Waals surface area contributed by atoms with Gasteiger partial charge in [-0.3, -0.25) is 4.79 Å². The number of nitrogens with zero attached hydrogens (tertiary/aromatic N) is 1. The van der Waals surface area contributed by atoms with E-state index in [1.54, 1.807) is 12.1 Å². The average Bonchev–Trinajstić information content (AvgIpc) is 2.42. The summed E-state index contributed by atoms with van der Waals surface area (Å²) in [5, 5.41) is 3.32. The van der Waals surface area contributed by atoms with E-state index in [4.69, 9.17) is 0 Å². The SMILES string of the molecule is CNC1(C)CCN(C(=O)Cc2ccc(F)cc2)CC1. The average molecular weight is 264 g/mol. The first-order valence-corrected chi connectivity index (χ1v) is 6.73. The number of benzene rings is 1. The summed E-state index contributed by atoms with van der Waals surface area (Å²) in [6.45, 7) is 3.77. The Morgan fingerprint density at radius 2 is 1.89 bits per heavy atom. The van der Waals surface area contributed by atoms with E-state index >= 15 is 0 Å². The molecule has 1 amide bonds. The minimum Gasteiger partial charge on any atom is -0.342 e. The monoisotopic (exact) mass is 264 g/mol. The third-order valence-electron chi connectivity index (χ3n) is 4.09. The molecule has 0 aromatic heterocycles. The van der Waals surface area contributed by atoms with Crippen LogP contribution in [-0.2, 0) is 11.2 Å². The van der Waals surface area contributed by atoms with Crippen LogP contribution in [0, 0.1) is 5.82 Å². The molecule has 0 saturated carbocycles. The maximum Gasteiger partial charge on any atom is 0.226 e. The van der Waals surface area contributed by atoms with Crippen LogP contribution in [0.2, 0.25) is 0 Å². The van der Waals surface area contributed by atoms with Crippen molar-refractivity contribution in [2.24, 2.45) is 0 Å². The van der Waals surface area contributed by atoms with Crippen LogP contribution >= 0.6 is 0 Å². The van der Waals surface area contributed by atoms with E-state index in [1.807, 2.05) is 11.9 Å². The number of rotatable bonds is 3. The summed E-state index contributed by atoms with van der Waals surface area (Å²) < 4.78 is 12.8. The minimum atomic E-state index is -0.265. The summed E-state index contributed by atoms with van der Waals surface area (Å²) in [7, 11) is 1.97. The molecule has 19 heavy (non-hydrogen) atoms. The number of hydrogen-bond donors (Lipinski definition) is 1. The molecule has 0 spiro atoms. The molecule has 1 saturated heterocycles. The Labute approximate surface area is 113 Å². The van der Waals surface area contributed by atoms with Gasteiger partial charge in [0, 0.05) is 18.6 Å². The van der Waals surface area contributed by atoms with E-state index in [1.165, 1.54) is 12.1 Å². The minimum absolute atomic E-state index is 0.129. The first kappa shape index (κ1) is 14.0. The molecule has 1 aromatic rings. The van der Waals surface area contributed by atoms with Crippen molar-refractivity contribution in [1.82, 2.24) is 10.2 Å². The Morgan fingerprint density at radius 1 is 1.32 bits per heavy atom. The molecule has 0 atom stereocenters. The zero-order chi connectivity index (χ0) is 13.9. The predicted octanol–water partition coefficient (Wildman–Crippen LogP) is 1.97. The highest BCUT2D eigenvalue weighted by atomic mass is 19.1. The third-order valence-corrected chi connectivity index (χ3v) is 4.09. The van der Waals surface area contributed by atoms with Crippen LogP contribution in [0.15, 0.2) is 24.3 Å². The van der Waals surface area contributed by atoms with Crippen LogP contribution in [0.3, 0.4) is 0 Å². The fraction of sp³-hybridized carbons (Fsp3) is 0.533. The van der Waals surface area contributed by atoms with E-state index < -0.39 is 0 Å². The highest BCUT2D eigenvalue weighted by molar-refractivity contribution is 5.78. The van der Waals surface area contributed by atoms with Crippen molar-refractivity contribution in [3.8, 4) is 0 Å². The van der Waals surface area contributed by atoms with Gasteiger partial charge in [-0.05, 0) is 44.5 Å². The number of halogens is 1. The summed E-state index contributed by atoms with van der Waals surface area (Å²) in [6, 6.07) is 6.15. The highest BCUT2D eigenvalue weighted by Crippen LogP contribution is 2.21. The molecule has 0 bridgehead atoms. The van der Waals surface area contributed by atoms with Gasteiger partial charge in [-0.1, -0.05) is 12.1 Å². The Morgan fingerprint density at radius 3 is 2.42 bits per heavy atom. The van der Waals surface area contributed by atoms with E-state index in [-0.39, 0.29) is 17.3 Å². The first-order chi connectivity index (χ1) is 9.02. The van der Waals surface area contributed by atoms with Crippen LogP contribution in [0.5, 0.6) is 0 Å². The Kier molecular flexibility index (Phi) is 4.20. The van der Waals surface area contributed by atoms with Crippen LogP contribution < -0.4 is 5.32 Å². The maximum absolute atomic E-state index is 12.8. The van der Waals surface area contributed by atoms with Crippen LogP contribution in [0.25, 0.3) is 0 Å². The lowest BCUT2D eigenvalue weighted by Crippen LogP contribution is -2.51. The third kappa shape index (κ3) is 3.53. The number of amides is 1. The molecule has 1 fully saturated rings. The van der Waals surface area contributed by atoms with Crippen LogP contribution in [0.1, 0.15) is 25.3 Å². The molecule has 0 aliphatic carbocycles. The number of carbonyl (C=O) groups is 1. The zero-order valence-corrected chi connectivity index (χ0v) is 11.6. The van der Waals surface area contributed by atoms with Crippen molar-refractivity contribution < 1.29 is 9.18 Å². The number of hydrogen-bond acceptors (Lipinski definition) is 2. The summed E-state index contributed by atoms with van der Waals surface area (Å²) in [6.07, 6.45) is 2.30. The molecule has 3 nitrogen and oxygen atoms in total. The molecule has 1 aromatic carbocycles. The second kappa shape index (κ2) is 5.70. The first-order valence-electron chi connectivity index (χ1n) is 6.73. The highest BCUT2D eigenvalue weighted by Gasteiger charge is 2.30. The van der Waals surface area contributed by atoms with Crippen LogP contribution in [0.4, 0.5) is 4.39 Å². The van der Waals surface area contributed by atoms with E-state index in [9.17, 15) is 9.18 Å². The molecule has 1 aliphatic rings. The zero-order valence-electron chi connectivity index (χ0n) is 11.6. The summed E-state index contributed by atoms with van der Waals surface area (Å²) >= 11 is 0. The Hall–Kier alpha value is -1.42. The lowest BCUT2D eigenvalue weighted by Gasteiger charge is -2.39. The van der Waals surface area contributed by atoms with Crippen molar-refractivity contribution in [3.63, 3.8) is 0 Å². The molecular formula is C15H21FN2O. The lowest BCUT2D eigenvalue weighted by molar-refractivity contribution is -0.132. The lowest BCUT2D eigenvalue weighted by atomic mass is 9.89. The summed E-state index contributed by atoms with van der Waals surface area (Å²) in [5.74, 6) is -0.135. The summed E-state index contributed by atoms with van der Waals surface area (Å²) in [5.41, 5.74) is 1.01. The topological polar surface area (TPSA) is 32.3 Å². The molecular weight excluding hydrogens is 243 g/mol. The van der Waals surface area contributed by atoms with Gasteiger partial charge in [-0.2, -0.15) is 0 Å². The fourth-order valence-corrected chi connectivity index (χ4v) is 2.39. The number of carbonyl (C=O) groups excluding carboxylic acids is 1. The molecule has 1 heterocycles. The molecule has 104 valence electrons. The van der Waals surface area contributed by atoms with Gasteiger partial charge < -0.3 is 10.2 Å². The molecule has 4 heteroatoms. The Bertz CT molecular complexity index is 436. The van der Waals surface area contributed by atoms with Crippen molar-refractivity contribution in [2.75, 3.05) is 20.1 Å². The van der Waals surface area contributed by atoms with E-state index in [0.717, 1.165) is 31.5 Å². The second-order valence-corrected chi connectivity index (χ2v) is 5.49. The normalized spacial score (nSPS) is 18.4. The van der Waals surface area contributed by atoms with Crippen molar-refractivity contribution in [3.05, 3.63) is 35.6 Å². The van der Waals surface area contributed by atoms with Gasteiger partial charge in [-0.25, -0.2) is 4.39 Å². The van der Waals surface area contributed by atoms with Gasteiger partial charge >= 0.3 is 0 Å². The Balaban J connectivity index is 1.89. The van der Waals surface area contributed by atoms with E-state index in [0.29, 0.717) is 6.42 Å². The number of likely N-dealkylation sites (tertiary alicyclic amines) is 1. The predicted molar refractivity (Wildman–Crippen MR) is 73.4 cm³/mol. The van der Waals surface area contributed by atoms with Gasteiger partial charge in [0.25, 0.3) is 0 Å². The standard InChI is InChI=1S/C15H21FN2O/c1-15(17-2)7-9-18(10-8-15)14(19)11-12-3-5-13(16)6-4-12/h3-6,17H,7-11H2,1-2H3. The van der Waals surface area contributed by atoms with Gasteiger partial charge in [0.1, 0.15) is 5.82 Å². The molecule has 2 rings (SSSR count). The number of piperidine rings is 1. The van der Waals surface area contributed by atoms with Crippen molar-refractivity contribution >= 4 is 5.91 Å². The van der Waals surface area contributed by atoms with Gasteiger partial charge in [0.15, 0.2) is 0 Å². The van der Waals surface area contributed by atoms with Crippen LogP contribution in [-0.4, -0.2) is 36.5 Å². The molecule has 1 N–H and O–H groups in total. The molecule has 1 aliphatic heterocycles. The second-order valence-electron chi connectivity index (χ2n) is 5.49. The fourth-order valence-electron chi connectivity index (χ4n) is 2.39. The van der Waals surface area contributed by atoms with Gasteiger partial charge in [0.05, 0.1) is 6.42 Å². The number of nitrogens with one attached hydrogen (secondary N) is 1. The summed E-state index contributed by atoms with van der Waals surface area (Å²) in [4.78, 5) is 14.1.